The van der Waals surface area contributed by atoms with Crippen LogP contribution in [0, 0.1) is 28.1 Å². The average Bonchev–Trinajstić information content (AvgIpc) is 3.36. The number of ether oxygens (including phenoxy) is 3. The molecule has 49 heavy (non-hydrogen) atoms. The number of rotatable bonds is 7. The lowest BCUT2D eigenvalue weighted by atomic mass is 9.45. The largest absolute Gasteiger partial charge is 0.374 e. The first-order valence-electron chi connectivity index (χ1n) is 18.4. The Balaban J connectivity index is 1.29. The zero-order valence-electron chi connectivity index (χ0n) is 30.5. The van der Waals surface area contributed by atoms with E-state index in [0.717, 1.165) is 44.8 Å². The summed E-state index contributed by atoms with van der Waals surface area (Å²) >= 11 is 1.81. The van der Waals surface area contributed by atoms with Crippen LogP contribution in [0.25, 0.3) is 0 Å². The molecule has 3 nitrogen and oxygen atoms in total. The summed E-state index contributed by atoms with van der Waals surface area (Å²) < 4.78 is 66.9. The molecule has 7 rings (SSSR count). The standard InChI is InChI=1S/C42H55F3O3S/c1-36(2)26-47-42(48-27-36)22-19-34-35-31(17-21-41(34,25-42)46-7)33-18-20-38(4,39(5,43)40(6,44)45)37(33,3)23-32(35)29-13-15-30(16-14-29)49-24-28-11-9-8-10-12-28/h8-16,31-33H,17-27H2,1-7H3/t31?,32?,33?,37?,38-,39?,41-/m1/s1. The van der Waals surface area contributed by atoms with Crippen LogP contribution in [0.5, 0.6) is 0 Å². The van der Waals surface area contributed by atoms with Gasteiger partial charge in [0.1, 0.15) is 0 Å². The zero-order chi connectivity index (χ0) is 35.1. The van der Waals surface area contributed by atoms with Gasteiger partial charge >= 0.3 is 0 Å². The van der Waals surface area contributed by atoms with Crippen molar-refractivity contribution in [2.24, 2.45) is 28.1 Å². The zero-order valence-corrected chi connectivity index (χ0v) is 31.3. The molecule has 0 N–H and O–H groups in total. The van der Waals surface area contributed by atoms with Crippen molar-refractivity contribution in [3.05, 3.63) is 76.9 Å². The van der Waals surface area contributed by atoms with Crippen LogP contribution in [0.3, 0.4) is 0 Å². The molecule has 0 radical (unpaired) electrons. The Morgan fingerprint density at radius 3 is 2.18 bits per heavy atom. The van der Waals surface area contributed by atoms with Crippen LogP contribution in [-0.2, 0) is 20.0 Å². The van der Waals surface area contributed by atoms with Crippen molar-refractivity contribution in [1.82, 2.24) is 0 Å². The normalized spacial score (nSPS) is 36.5. The van der Waals surface area contributed by atoms with Crippen LogP contribution in [-0.4, -0.2) is 43.3 Å². The molecule has 2 aromatic carbocycles. The third kappa shape index (κ3) is 5.67. The summed E-state index contributed by atoms with van der Waals surface area (Å²) in [6.45, 7) is 11.6. The van der Waals surface area contributed by atoms with E-state index in [1.54, 1.807) is 0 Å². The average molecular weight is 697 g/mol. The van der Waals surface area contributed by atoms with Crippen LogP contribution in [0.4, 0.5) is 13.2 Å². The fourth-order valence-corrected chi connectivity index (χ4v) is 11.7. The number of hydrogen-bond acceptors (Lipinski definition) is 4. The van der Waals surface area contributed by atoms with Gasteiger partial charge < -0.3 is 14.2 Å². The molecular weight excluding hydrogens is 642 g/mol. The van der Waals surface area contributed by atoms with Gasteiger partial charge in [-0.15, -0.1) is 11.8 Å². The first kappa shape index (κ1) is 35.6. The quantitative estimate of drug-likeness (QED) is 0.213. The SMILES string of the molecule is CO[C@@]12CCC3C(=C1CCC1(C2)OCC(C)(C)CO1)C(c1ccc(SCc2ccccc2)cc1)CC1(C)C3CC[C@@]1(C)C(C)(F)C(C)(F)F. The molecule has 4 aliphatic carbocycles. The number of allylic oxidation sites excluding steroid dienone is 1. The van der Waals surface area contributed by atoms with Gasteiger partial charge in [-0.25, -0.2) is 13.2 Å². The summed E-state index contributed by atoms with van der Waals surface area (Å²) in [7, 11) is 1.83. The topological polar surface area (TPSA) is 27.7 Å². The molecule has 268 valence electrons. The van der Waals surface area contributed by atoms with E-state index in [0.29, 0.717) is 32.5 Å². The Bertz CT molecular complexity index is 1560. The number of alkyl halides is 3. The van der Waals surface area contributed by atoms with E-state index in [4.69, 9.17) is 14.2 Å². The molecule has 0 bridgehead atoms. The van der Waals surface area contributed by atoms with E-state index < -0.39 is 33.8 Å². The maximum atomic E-state index is 16.8. The fourth-order valence-electron chi connectivity index (χ4n) is 10.9. The Hall–Kier alpha value is -1.80. The lowest BCUT2D eigenvalue weighted by Crippen LogP contribution is -2.61. The highest BCUT2D eigenvalue weighted by atomic mass is 32.2. The van der Waals surface area contributed by atoms with Crippen molar-refractivity contribution < 1.29 is 27.4 Å². The van der Waals surface area contributed by atoms with Crippen molar-refractivity contribution >= 4 is 11.8 Å². The monoisotopic (exact) mass is 696 g/mol. The van der Waals surface area contributed by atoms with E-state index in [9.17, 15) is 0 Å². The molecule has 5 unspecified atom stereocenters. The Morgan fingerprint density at radius 2 is 1.55 bits per heavy atom. The second-order valence-electron chi connectivity index (χ2n) is 17.5. The molecular formula is C42H55F3O3S. The second kappa shape index (κ2) is 12.1. The molecule has 0 aromatic heterocycles. The lowest BCUT2D eigenvalue weighted by molar-refractivity contribution is -0.324. The van der Waals surface area contributed by atoms with Crippen LogP contribution in [0.2, 0.25) is 0 Å². The van der Waals surface area contributed by atoms with Gasteiger partial charge in [0.15, 0.2) is 11.5 Å². The molecule has 5 aliphatic rings. The number of fused-ring (bicyclic) bond motifs is 4. The van der Waals surface area contributed by atoms with Crippen LogP contribution in [0.15, 0.2) is 70.6 Å². The molecule has 4 fully saturated rings. The van der Waals surface area contributed by atoms with Crippen LogP contribution in [0.1, 0.15) is 110 Å². The van der Waals surface area contributed by atoms with Gasteiger partial charge in [0.05, 0.1) is 18.8 Å². The molecule has 7 atom stereocenters. The van der Waals surface area contributed by atoms with Gasteiger partial charge in [-0.2, -0.15) is 0 Å². The predicted molar refractivity (Wildman–Crippen MR) is 191 cm³/mol. The minimum Gasteiger partial charge on any atom is -0.374 e. The minimum atomic E-state index is -3.45. The van der Waals surface area contributed by atoms with Gasteiger partial charge in [-0.05, 0) is 91.5 Å². The highest BCUT2D eigenvalue weighted by Crippen LogP contribution is 2.74. The molecule has 1 spiro atoms. The summed E-state index contributed by atoms with van der Waals surface area (Å²) in [5.74, 6) is -2.91. The summed E-state index contributed by atoms with van der Waals surface area (Å²) in [6.07, 6.45) is 5.82. The minimum absolute atomic E-state index is 0.0101. The van der Waals surface area contributed by atoms with Gasteiger partial charge in [0.2, 0.25) is 0 Å². The maximum Gasteiger partial charge on any atom is 0.278 e. The number of thioether (sulfide) groups is 1. The van der Waals surface area contributed by atoms with Crippen LogP contribution < -0.4 is 0 Å². The summed E-state index contributed by atoms with van der Waals surface area (Å²) in [6, 6.07) is 19.4. The third-order valence-corrected chi connectivity index (χ3v) is 15.3. The molecule has 1 heterocycles. The highest BCUT2D eigenvalue weighted by Gasteiger charge is 2.72. The summed E-state index contributed by atoms with van der Waals surface area (Å²) in [5.41, 5.74) is 0.308. The van der Waals surface area contributed by atoms with Gasteiger partial charge in [-0.1, -0.05) is 75.7 Å². The smallest absolute Gasteiger partial charge is 0.278 e. The second-order valence-corrected chi connectivity index (χ2v) is 18.5. The molecule has 1 aliphatic heterocycles. The Labute approximate surface area is 296 Å². The first-order chi connectivity index (χ1) is 23.0. The summed E-state index contributed by atoms with van der Waals surface area (Å²) in [4.78, 5) is 1.19. The number of hydrogen-bond donors (Lipinski definition) is 0. The maximum absolute atomic E-state index is 16.8. The van der Waals surface area contributed by atoms with E-state index in [2.05, 4.69) is 69.3 Å². The van der Waals surface area contributed by atoms with Crippen molar-refractivity contribution in [2.45, 2.75) is 132 Å². The van der Waals surface area contributed by atoms with E-state index in [1.807, 2.05) is 31.9 Å². The third-order valence-electron chi connectivity index (χ3n) is 14.2. The molecule has 3 saturated carbocycles. The first-order valence-corrected chi connectivity index (χ1v) is 19.4. The molecule has 0 amide bonds. The molecule has 2 aromatic rings. The predicted octanol–water partition coefficient (Wildman–Crippen LogP) is 11.3. The van der Waals surface area contributed by atoms with E-state index >= 15 is 13.2 Å². The van der Waals surface area contributed by atoms with Crippen molar-refractivity contribution in [3.63, 3.8) is 0 Å². The number of methoxy groups -OCH3 is 1. The van der Waals surface area contributed by atoms with E-state index in [-0.39, 0.29) is 23.2 Å². The van der Waals surface area contributed by atoms with Crippen molar-refractivity contribution in [3.8, 4) is 0 Å². The molecule has 1 saturated heterocycles. The van der Waals surface area contributed by atoms with Gasteiger partial charge in [0.25, 0.3) is 5.92 Å². The van der Waals surface area contributed by atoms with E-state index in [1.165, 1.54) is 34.1 Å². The molecule has 7 heteroatoms. The van der Waals surface area contributed by atoms with Crippen molar-refractivity contribution in [1.29, 1.82) is 0 Å². The highest BCUT2D eigenvalue weighted by molar-refractivity contribution is 7.98. The van der Waals surface area contributed by atoms with Gasteiger partial charge in [0, 0.05) is 54.3 Å². The number of halogens is 3. The summed E-state index contributed by atoms with van der Waals surface area (Å²) in [5, 5.41) is 0. The van der Waals surface area contributed by atoms with Crippen LogP contribution >= 0.6 is 11.8 Å². The Morgan fingerprint density at radius 1 is 0.878 bits per heavy atom. The Kier molecular flexibility index (Phi) is 8.81. The number of benzene rings is 2. The van der Waals surface area contributed by atoms with Crippen molar-refractivity contribution in [2.75, 3.05) is 20.3 Å². The fraction of sp³-hybridized carbons (Fsp3) is 0.667. The lowest BCUT2D eigenvalue weighted by Gasteiger charge is -2.61. The van der Waals surface area contributed by atoms with Gasteiger partial charge in [-0.3, -0.25) is 0 Å².